The van der Waals surface area contributed by atoms with E-state index < -0.39 is 6.03 Å². The first-order valence-corrected chi connectivity index (χ1v) is 6.57. The minimum atomic E-state index is -0.650. The number of carbonyl (C=O) groups excluding carboxylic acids is 2. The van der Waals surface area contributed by atoms with Gasteiger partial charge in [0.15, 0.2) is 0 Å². The number of amides is 3. The van der Waals surface area contributed by atoms with Crippen LogP contribution >= 0.6 is 0 Å². The van der Waals surface area contributed by atoms with Crippen LogP contribution in [0.4, 0.5) is 10.5 Å². The van der Waals surface area contributed by atoms with Crippen LogP contribution in [0.5, 0.6) is 0 Å². The van der Waals surface area contributed by atoms with Crippen molar-refractivity contribution in [1.82, 2.24) is 4.90 Å². The van der Waals surface area contributed by atoms with Crippen molar-refractivity contribution in [3.8, 4) is 0 Å². The monoisotopic (exact) mass is 277 g/mol. The van der Waals surface area contributed by atoms with Crippen molar-refractivity contribution < 1.29 is 14.3 Å². The molecule has 0 aliphatic carbocycles. The fraction of sp³-hybridized carbons (Fsp3) is 0.429. The first-order chi connectivity index (χ1) is 9.45. The van der Waals surface area contributed by atoms with E-state index in [1.54, 1.807) is 29.2 Å². The third kappa shape index (κ3) is 3.48. The number of hydrogen-bond acceptors (Lipinski definition) is 3. The molecule has 1 saturated heterocycles. The van der Waals surface area contributed by atoms with E-state index in [1.807, 2.05) is 13.8 Å². The molecule has 6 heteroatoms. The Kier molecular flexibility index (Phi) is 4.24. The molecule has 20 heavy (non-hydrogen) atoms. The van der Waals surface area contributed by atoms with Gasteiger partial charge in [0.2, 0.25) is 0 Å². The molecule has 108 valence electrons. The molecule has 3 amide bonds. The first-order valence-electron chi connectivity index (χ1n) is 6.57. The zero-order chi connectivity index (χ0) is 14.7. The van der Waals surface area contributed by atoms with Gasteiger partial charge in [-0.3, -0.25) is 4.79 Å². The van der Waals surface area contributed by atoms with Gasteiger partial charge in [0, 0.05) is 24.3 Å². The molecule has 1 aromatic carbocycles. The highest BCUT2D eigenvalue weighted by molar-refractivity contribution is 5.96. The zero-order valence-electron chi connectivity index (χ0n) is 11.6. The number of primary amides is 1. The largest absolute Gasteiger partial charge is 0.372 e. The molecule has 1 heterocycles. The van der Waals surface area contributed by atoms with E-state index in [1.165, 1.54) is 0 Å². The Morgan fingerprint density at radius 1 is 1.30 bits per heavy atom. The Bertz CT molecular complexity index is 508. The number of hydrogen-bond donors (Lipinski definition) is 2. The van der Waals surface area contributed by atoms with Crippen molar-refractivity contribution in [3.05, 3.63) is 29.8 Å². The third-order valence-corrected chi connectivity index (χ3v) is 3.08. The summed E-state index contributed by atoms with van der Waals surface area (Å²) < 4.78 is 5.61. The van der Waals surface area contributed by atoms with Gasteiger partial charge in [0.05, 0.1) is 12.2 Å². The summed E-state index contributed by atoms with van der Waals surface area (Å²) in [6.45, 7) is 5.02. The number of anilines is 1. The number of rotatable bonds is 2. The van der Waals surface area contributed by atoms with Crippen molar-refractivity contribution in [3.63, 3.8) is 0 Å². The lowest BCUT2D eigenvalue weighted by Gasteiger charge is -2.35. The van der Waals surface area contributed by atoms with Crippen LogP contribution < -0.4 is 11.1 Å². The number of nitrogens with two attached hydrogens (primary N) is 1. The van der Waals surface area contributed by atoms with E-state index in [4.69, 9.17) is 10.5 Å². The molecule has 1 aromatic rings. The van der Waals surface area contributed by atoms with Gasteiger partial charge < -0.3 is 20.7 Å². The SMILES string of the molecule is CC1CN(C(=O)c2cccc(NC(N)=O)c2)CC(C)O1. The van der Waals surface area contributed by atoms with Crippen molar-refractivity contribution >= 4 is 17.6 Å². The molecule has 0 saturated carbocycles. The molecule has 2 atom stereocenters. The third-order valence-electron chi connectivity index (χ3n) is 3.08. The maximum atomic E-state index is 12.5. The average molecular weight is 277 g/mol. The van der Waals surface area contributed by atoms with Crippen LogP contribution in [0.2, 0.25) is 0 Å². The number of nitrogens with zero attached hydrogens (tertiary/aromatic N) is 1. The number of nitrogens with one attached hydrogen (secondary N) is 1. The highest BCUT2D eigenvalue weighted by Crippen LogP contribution is 2.17. The second-order valence-corrected chi connectivity index (χ2v) is 5.04. The Labute approximate surface area is 117 Å². The molecular weight excluding hydrogens is 258 g/mol. The van der Waals surface area contributed by atoms with Gasteiger partial charge in [-0.2, -0.15) is 0 Å². The highest BCUT2D eigenvalue weighted by Gasteiger charge is 2.26. The summed E-state index contributed by atoms with van der Waals surface area (Å²) in [5.74, 6) is -0.0693. The van der Waals surface area contributed by atoms with Crippen molar-refractivity contribution in [2.24, 2.45) is 5.73 Å². The number of ether oxygens (including phenoxy) is 1. The summed E-state index contributed by atoms with van der Waals surface area (Å²) in [4.78, 5) is 25.1. The van der Waals surface area contributed by atoms with Crippen LogP contribution in [0.1, 0.15) is 24.2 Å². The maximum absolute atomic E-state index is 12.5. The van der Waals surface area contributed by atoms with Gasteiger partial charge in [-0.1, -0.05) is 6.07 Å². The van der Waals surface area contributed by atoms with Gasteiger partial charge in [0.25, 0.3) is 5.91 Å². The molecule has 0 bridgehead atoms. The summed E-state index contributed by atoms with van der Waals surface area (Å²) in [5.41, 5.74) is 6.11. The van der Waals surface area contributed by atoms with E-state index in [2.05, 4.69) is 5.32 Å². The van der Waals surface area contributed by atoms with Gasteiger partial charge in [-0.05, 0) is 32.0 Å². The van der Waals surface area contributed by atoms with Crippen molar-refractivity contribution in [2.45, 2.75) is 26.1 Å². The van der Waals surface area contributed by atoms with Crippen LogP contribution in [0.25, 0.3) is 0 Å². The normalized spacial score (nSPS) is 22.4. The zero-order valence-corrected chi connectivity index (χ0v) is 11.6. The maximum Gasteiger partial charge on any atom is 0.316 e. The number of benzene rings is 1. The fourth-order valence-electron chi connectivity index (χ4n) is 2.40. The molecule has 1 aliphatic heterocycles. The second-order valence-electron chi connectivity index (χ2n) is 5.04. The van der Waals surface area contributed by atoms with Crippen LogP contribution in [0, 0.1) is 0 Å². The Hall–Kier alpha value is -2.08. The quantitative estimate of drug-likeness (QED) is 0.857. The molecule has 0 spiro atoms. The molecule has 0 radical (unpaired) electrons. The van der Waals surface area contributed by atoms with Gasteiger partial charge in [-0.25, -0.2) is 4.79 Å². The smallest absolute Gasteiger partial charge is 0.316 e. The van der Waals surface area contributed by atoms with Gasteiger partial charge >= 0.3 is 6.03 Å². The molecule has 3 N–H and O–H groups in total. The molecule has 2 rings (SSSR count). The van der Waals surface area contributed by atoms with Gasteiger partial charge in [-0.15, -0.1) is 0 Å². The summed E-state index contributed by atoms with van der Waals surface area (Å²) in [6, 6.07) is 6.10. The minimum Gasteiger partial charge on any atom is -0.372 e. The molecule has 1 aliphatic rings. The van der Waals surface area contributed by atoms with Crippen molar-refractivity contribution in [1.29, 1.82) is 0 Å². The Balaban J connectivity index is 2.14. The van der Waals surface area contributed by atoms with Crippen LogP contribution in [0.3, 0.4) is 0 Å². The second kappa shape index (κ2) is 5.92. The molecule has 1 fully saturated rings. The minimum absolute atomic E-state index is 0.0228. The Morgan fingerprint density at radius 3 is 2.55 bits per heavy atom. The molecule has 2 unspecified atom stereocenters. The van der Waals surface area contributed by atoms with Crippen LogP contribution in [0.15, 0.2) is 24.3 Å². The number of urea groups is 1. The summed E-state index contributed by atoms with van der Waals surface area (Å²) in [7, 11) is 0. The van der Waals surface area contributed by atoms with Crippen LogP contribution in [-0.4, -0.2) is 42.1 Å². The first kappa shape index (κ1) is 14.3. The van der Waals surface area contributed by atoms with E-state index >= 15 is 0 Å². The number of morpholine rings is 1. The summed E-state index contributed by atoms with van der Waals surface area (Å²) >= 11 is 0. The van der Waals surface area contributed by atoms with E-state index in [9.17, 15) is 9.59 Å². The van der Waals surface area contributed by atoms with Gasteiger partial charge in [0.1, 0.15) is 0 Å². The van der Waals surface area contributed by atoms with E-state index in [0.717, 1.165) is 0 Å². The molecule has 6 nitrogen and oxygen atoms in total. The Morgan fingerprint density at radius 2 is 1.95 bits per heavy atom. The topological polar surface area (TPSA) is 84.7 Å². The lowest BCUT2D eigenvalue weighted by Crippen LogP contribution is -2.48. The highest BCUT2D eigenvalue weighted by atomic mass is 16.5. The lowest BCUT2D eigenvalue weighted by atomic mass is 10.1. The fourth-order valence-corrected chi connectivity index (χ4v) is 2.40. The predicted octanol–water partition coefficient (Wildman–Crippen LogP) is 1.43. The molecule has 0 aromatic heterocycles. The van der Waals surface area contributed by atoms with E-state index in [0.29, 0.717) is 24.3 Å². The summed E-state index contributed by atoms with van der Waals surface area (Å²) in [6.07, 6.45) is 0.0456. The number of carbonyl (C=O) groups is 2. The summed E-state index contributed by atoms with van der Waals surface area (Å²) in [5, 5.41) is 2.46. The lowest BCUT2D eigenvalue weighted by molar-refractivity contribution is -0.0586. The molecular formula is C14H19N3O3. The standard InChI is InChI=1S/C14H19N3O3/c1-9-7-17(8-10(2)20-9)13(18)11-4-3-5-12(6-11)16-14(15)19/h3-6,9-10H,7-8H2,1-2H3,(H3,15,16,19). The van der Waals surface area contributed by atoms with Crippen LogP contribution in [-0.2, 0) is 4.74 Å². The van der Waals surface area contributed by atoms with Crippen molar-refractivity contribution in [2.75, 3.05) is 18.4 Å². The average Bonchev–Trinajstić information content (AvgIpc) is 2.36. The van der Waals surface area contributed by atoms with E-state index in [-0.39, 0.29) is 18.1 Å². The predicted molar refractivity (Wildman–Crippen MR) is 75.6 cm³/mol.